The fraction of sp³-hybridized carbons (Fsp3) is 0.538. The van der Waals surface area contributed by atoms with Gasteiger partial charge in [0.2, 0.25) is 19.9 Å². The summed E-state index contributed by atoms with van der Waals surface area (Å²) in [5.74, 6) is 1.50. The van der Waals surface area contributed by atoms with Crippen LogP contribution in [-0.4, -0.2) is 77.2 Å². The number of nitrogens with zero attached hydrogens (tertiary/aromatic N) is 2. The molecule has 2 heterocycles. The lowest BCUT2D eigenvalue weighted by Gasteiger charge is -2.41. The van der Waals surface area contributed by atoms with E-state index >= 15 is 0 Å². The Labute approximate surface area is 215 Å². The molecule has 0 spiro atoms. The summed E-state index contributed by atoms with van der Waals surface area (Å²) in [6.07, 6.45) is 4.25. The summed E-state index contributed by atoms with van der Waals surface area (Å²) in [6, 6.07) is 13.4. The molecule has 0 amide bonds. The van der Waals surface area contributed by atoms with Gasteiger partial charge in [0.05, 0.1) is 22.7 Å². The van der Waals surface area contributed by atoms with E-state index in [0.717, 1.165) is 38.8 Å². The van der Waals surface area contributed by atoms with Crippen molar-refractivity contribution in [2.24, 2.45) is 0 Å². The van der Waals surface area contributed by atoms with Crippen molar-refractivity contribution < 1.29 is 26.3 Å². The molecule has 0 atom stereocenters. The number of rotatable bonds is 9. The summed E-state index contributed by atoms with van der Waals surface area (Å²) in [5, 5.41) is 0. The summed E-state index contributed by atoms with van der Waals surface area (Å²) >= 11 is 0. The quantitative estimate of drug-likeness (QED) is 0.484. The van der Waals surface area contributed by atoms with E-state index in [1.165, 1.54) is 0 Å². The first kappa shape index (κ1) is 26.9. The van der Waals surface area contributed by atoms with Crippen molar-refractivity contribution in [2.75, 3.05) is 39.0 Å². The van der Waals surface area contributed by atoms with Gasteiger partial charge in [-0.15, -0.1) is 0 Å². The molecule has 198 valence electrons. The van der Waals surface area contributed by atoms with Crippen LogP contribution in [0.3, 0.4) is 0 Å². The summed E-state index contributed by atoms with van der Waals surface area (Å²) < 4.78 is 63.4. The van der Waals surface area contributed by atoms with Gasteiger partial charge in [0, 0.05) is 32.2 Å². The van der Waals surface area contributed by atoms with Gasteiger partial charge in [0.25, 0.3) is 0 Å². The van der Waals surface area contributed by atoms with Crippen molar-refractivity contribution in [3.8, 4) is 11.5 Å². The predicted octanol–water partition coefficient (Wildman–Crippen LogP) is 3.58. The maximum Gasteiger partial charge on any atom is 0.214 e. The standard InChI is InChI=1S/C26H36N2O6S2/c1-3-20-35(29,30)28-18-12-21(13-19-28)27-16-14-24(15-17-27)34-23-6-10-26(11-7-23)36(31,32)25-8-4-22(33-2)5-9-25/h4-11,21,24H,3,12-20H2,1-2H3. The van der Waals surface area contributed by atoms with E-state index in [9.17, 15) is 16.8 Å². The van der Waals surface area contributed by atoms with Gasteiger partial charge in [-0.3, -0.25) is 0 Å². The van der Waals surface area contributed by atoms with Gasteiger partial charge < -0.3 is 14.4 Å². The zero-order valence-electron chi connectivity index (χ0n) is 21.0. The second-order valence-electron chi connectivity index (χ2n) is 9.45. The van der Waals surface area contributed by atoms with Crippen molar-refractivity contribution in [3.05, 3.63) is 48.5 Å². The molecule has 0 aromatic heterocycles. The van der Waals surface area contributed by atoms with Crippen molar-refractivity contribution in [1.29, 1.82) is 0 Å². The zero-order valence-corrected chi connectivity index (χ0v) is 22.6. The Kier molecular flexibility index (Phi) is 8.59. The molecule has 2 aliphatic rings. The Bertz CT molecular complexity index is 1200. The Balaban J connectivity index is 1.27. The maximum absolute atomic E-state index is 12.9. The third-order valence-corrected chi connectivity index (χ3v) is 10.9. The SMILES string of the molecule is CCCS(=O)(=O)N1CCC(N2CCC(Oc3ccc(S(=O)(=O)c4ccc(OC)cc4)cc3)CC2)CC1. The Hall–Kier alpha value is -2.14. The van der Waals surface area contributed by atoms with Crippen LogP contribution < -0.4 is 9.47 Å². The minimum Gasteiger partial charge on any atom is -0.497 e. The monoisotopic (exact) mass is 536 g/mol. The highest BCUT2D eigenvalue weighted by atomic mass is 32.2. The molecule has 0 N–H and O–H groups in total. The number of methoxy groups -OCH3 is 1. The fourth-order valence-corrected chi connectivity index (χ4v) is 7.81. The molecule has 2 aliphatic heterocycles. The number of piperidine rings is 2. The normalized spacial score (nSPS) is 19.3. The van der Waals surface area contributed by atoms with Crippen LogP contribution in [0.1, 0.15) is 39.0 Å². The molecule has 0 aliphatic carbocycles. The van der Waals surface area contributed by atoms with Crippen LogP contribution >= 0.6 is 0 Å². The summed E-state index contributed by atoms with van der Waals surface area (Å²) in [4.78, 5) is 2.91. The third kappa shape index (κ3) is 6.22. The number of hydrogen-bond donors (Lipinski definition) is 0. The van der Waals surface area contributed by atoms with E-state index in [1.54, 1.807) is 59.9 Å². The van der Waals surface area contributed by atoms with Crippen LogP contribution in [0, 0.1) is 0 Å². The van der Waals surface area contributed by atoms with E-state index in [4.69, 9.17) is 9.47 Å². The highest BCUT2D eigenvalue weighted by molar-refractivity contribution is 7.91. The molecule has 36 heavy (non-hydrogen) atoms. The molecule has 2 aromatic carbocycles. The Morgan fingerprint density at radius 1 is 0.778 bits per heavy atom. The molecule has 0 bridgehead atoms. The molecule has 8 nitrogen and oxygen atoms in total. The fourth-order valence-electron chi connectivity index (χ4n) is 5.01. The topological polar surface area (TPSA) is 93.2 Å². The first-order valence-corrected chi connectivity index (χ1v) is 15.7. The molecular weight excluding hydrogens is 500 g/mol. The van der Waals surface area contributed by atoms with Crippen LogP contribution in [0.15, 0.2) is 58.3 Å². The third-order valence-electron chi connectivity index (χ3n) is 7.08. The van der Waals surface area contributed by atoms with Gasteiger partial charge in [-0.25, -0.2) is 21.1 Å². The highest BCUT2D eigenvalue weighted by Gasteiger charge is 2.32. The van der Waals surface area contributed by atoms with Crippen LogP contribution in [0.5, 0.6) is 11.5 Å². The van der Waals surface area contributed by atoms with Gasteiger partial charge >= 0.3 is 0 Å². The van der Waals surface area contributed by atoms with Crippen molar-refractivity contribution >= 4 is 19.9 Å². The molecule has 0 radical (unpaired) electrons. The van der Waals surface area contributed by atoms with E-state index in [0.29, 0.717) is 37.1 Å². The number of ether oxygens (including phenoxy) is 2. The van der Waals surface area contributed by atoms with Gasteiger partial charge in [0.1, 0.15) is 17.6 Å². The van der Waals surface area contributed by atoms with Gasteiger partial charge in [0.15, 0.2) is 0 Å². The van der Waals surface area contributed by atoms with E-state index < -0.39 is 19.9 Å². The van der Waals surface area contributed by atoms with Crippen LogP contribution in [0.25, 0.3) is 0 Å². The molecule has 2 aromatic rings. The summed E-state index contributed by atoms with van der Waals surface area (Å²) in [7, 11) is -5.18. The number of benzene rings is 2. The first-order chi connectivity index (χ1) is 17.2. The molecule has 2 fully saturated rings. The maximum atomic E-state index is 12.9. The molecule has 2 saturated heterocycles. The zero-order chi connectivity index (χ0) is 25.8. The average molecular weight is 537 g/mol. The Morgan fingerprint density at radius 3 is 1.81 bits per heavy atom. The number of hydrogen-bond acceptors (Lipinski definition) is 7. The molecule has 4 rings (SSSR count). The number of sulfone groups is 1. The minimum absolute atomic E-state index is 0.0790. The first-order valence-electron chi connectivity index (χ1n) is 12.6. The van der Waals surface area contributed by atoms with Gasteiger partial charge in [-0.1, -0.05) is 6.92 Å². The second-order valence-corrected chi connectivity index (χ2v) is 13.5. The summed E-state index contributed by atoms with van der Waals surface area (Å²) in [6.45, 7) is 4.95. The lowest BCUT2D eigenvalue weighted by molar-refractivity contribution is 0.0585. The van der Waals surface area contributed by atoms with E-state index in [-0.39, 0.29) is 21.6 Å². The van der Waals surface area contributed by atoms with Crippen LogP contribution in [0.2, 0.25) is 0 Å². The minimum atomic E-state index is -3.61. The molecular formula is C26H36N2O6S2. The smallest absolute Gasteiger partial charge is 0.214 e. The number of sulfonamides is 1. The molecule has 0 unspecified atom stereocenters. The molecule has 0 saturated carbocycles. The number of likely N-dealkylation sites (tertiary alicyclic amines) is 1. The lowest BCUT2D eigenvalue weighted by Crippen LogP contribution is -2.50. The Morgan fingerprint density at radius 2 is 1.31 bits per heavy atom. The van der Waals surface area contributed by atoms with E-state index in [2.05, 4.69) is 4.90 Å². The highest BCUT2D eigenvalue weighted by Crippen LogP contribution is 2.28. The van der Waals surface area contributed by atoms with Crippen molar-refractivity contribution in [2.45, 2.75) is 61.0 Å². The largest absolute Gasteiger partial charge is 0.497 e. The second kappa shape index (κ2) is 11.5. The van der Waals surface area contributed by atoms with Gasteiger partial charge in [-0.2, -0.15) is 0 Å². The van der Waals surface area contributed by atoms with Crippen molar-refractivity contribution in [3.63, 3.8) is 0 Å². The summed E-state index contributed by atoms with van der Waals surface area (Å²) in [5.41, 5.74) is 0. The van der Waals surface area contributed by atoms with Crippen LogP contribution in [-0.2, 0) is 19.9 Å². The average Bonchev–Trinajstić information content (AvgIpc) is 2.89. The lowest BCUT2D eigenvalue weighted by atomic mass is 10.00. The molecule has 10 heteroatoms. The van der Waals surface area contributed by atoms with Crippen LogP contribution in [0.4, 0.5) is 0 Å². The predicted molar refractivity (Wildman–Crippen MR) is 139 cm³/mol. The van der Waals surface area contributed by atoms with Crippen molar-refractivity contribution in [1.82, 2.24) is 9.21 Å². The van der Waals surface area contributed by atoms with Gasteiger partial charge in [-0.05, 0) is 80.6 Å². The van der Waals surface area contributed by atoms with E-state index in [1.807, 2.05) is 6.92 Å².